The van der Waals surface area contributed by atoms with Gasteiger partial charge in [-0.15, -0.1) is 0 Å². The molecular weight excluding hydrogens is 696 g/mol. The molecular formula is C48H44N2Zr. The summed E-state index contributed by atoms with van der Waals surface area (Å²) < 4.78 is 3.11. The fraction of sp³-hybridized carbons (Fsp3) is 0.208. The molecule has 2 aromatic heterocycles. The van der Waals surface area contributed by atoms with Crippen LogP contribution in [-0.2, 0) is 36.1 Å². The molecule has 0 saturated heterocycles. The van der Waals surface area contributed by atoms with Gasteiger partial charge in [-0.2, -0.15) is 0 Å². The van der Waals surface area contributed by atoms with E-state index in [0.717, 1.165) is 24.2 Å². The Hall–Kier alpha value is -4.46. The van der Waals surface area contributed by atoms with Crippen LogP contribution < -0.4 is 0 Å². The van der Waals surface area contributed by atoms with Gasteiger partial charge in [0.1, 0.15) is 0 Å². The van der Waals surface area contributed by atoms with Crippen molar-refractivity contribution in [3.05, 3.63) is 185 Å². The van der Waals surface area contributed by atoms with E-state index in [4.69, 9.17) is 9.97 Å². The number of unbranched alkanes of at least 4 members (excludes halogenated alkanes) is 2. The molecule has 0 fully saturated rings. The fourth-order valence-corrected chi connectivity index (χ4v) is 12.0. The number of aromatic nitrogens is 2. The van der Waals surface area contributed by atoms with E-state index in [-0.39, 0.29) is 11.8 Å². The molecule has 0 spiro atoms. The SMILES string of the molecule is CCCCc1ccc(-c2cccc3c2C=[C]([Zr][C]2=Cc4c(-c5ccc(CCCC)cc5)cccc4C2c2ccccn2)C3c2ccccn2)cc1. The van der Waals surface area contributed by atoms with Crippen LogP contribution in [0.25, 0.3) is 34.4 Å². The molecule has 2 nitrogen and oxygen atoms in total. The molecule has 0 radical (unpaired) electrons. The zero-order chi connectivity index (χ0) is 34.6. The molecule has 2 heterocycles. The third-order valence-corrected chi connectivity index (χ3v) is 14.1. The van der Waals surface area contributed by atoms with Crippen LogP contribution in [-0.4, -0.2) is 9.97 Å². The molecule has 4 aromatic carbocycles. The predicted molar refractivity (Wildman–Crippen MR) is 209 cm³/mol. The standard InChI is InChI=1S/2C24H22N.Zr/c2*1-2-3-7-18-11-13-19(14-12-18)20-8-6-9-21-22(20)15-16-23(21)24-10-4-5-17-25-24;/h2*4-6,8-15,17,23H,2-3,7H2,1H3;. The molecule has 2 atom stereocenters. The van der Waals surface area contributed by atoms with Gasteiger partial charge in [-0.3, -0.25) is 0 Å². The molecule has 250 valence electrons. The molecule has 0 aliphatic heterocycles. The quantitative estimate of drug-likeness (QED) is 0.125. The van der Waals surface area contributed by atoms with Crippen LogP contribution in [0.2, 0.25) is 0 Å². The Kier molecular flexibility index (Phi) is 10.2. The predicted octanol–water partition coefficient (Wildman–Crippen LogP) is 12.3. The van der Waals surface area contributed by atoms with Crippen LogP contribution in [0.1, 0.15) is 96.1 Å². The summed E-state index contributed by atoms with van der Waals surface area (Å²) in [6.07, 6.45) is 16.2. The number of rotatable bonds is 12. The summed E-state index contributed by atoms with van der Waals surface area (Å²) in [5, 5.41) is 0. The molecule has 2 unspecified atom stereocenters. The second-order valence-corrected chi connectivity index (χ2v) is 17.4. The fourth-order valence-electron chi connectivity index (χ4n) is 7.89. The van der Waals surface area contributed by atoms with Gasteiger partial charge in [-0.05, 0) is 0 Å². The van der Waals surface area contributed by atoms with E-state index in [1.54, 1.807) is 6.56 Å². The van der Waals surface area contributed by atoms with Gasteiger partial charge >= 0.3 is 317 Å². The summed E-state index contributed by atoms with van der Waals surface area (Å²) in [5.74, 6) is 0.335. The van der Waals surface area contributed by atoms with Crippen LogP contribution in [0.15, 0.2) is 140 Å². The Labute approximate surface area is 315 Å². The van der Waals surface area contributed by atoms with E-state index in [9.17, 15) is 0 Å². The number of benzene rings is 4. The van der Waals surface area contributed by atoms with Crippen molar-refractivity contribution in [2.75, 3.05) is 0 Å². The summed E-state index contributed by atoms with van der Waals surface area (Å²) in [4.78, 5) is 9.96. The van der Waals surface area contributed by atoms with Gasteiger partial charge in [0.2, 0.25) is 0 Å². The van der Waals surface area contributed by atoms with Gasteiger partial charge in [0.25, 0.3) is 0 Å². The first-order valence-electron chi connectivity index (χ1n) is 18.7. The zero-order valence-corrected chi connectivity index (χ0v) is 32.1. The van der Waals surface area contributed by atoms with Crippen molar-refractivity contribution in [3.8, 4) is 22.3 Å². The third-order valence-electron chi connectivity index (χ3n) is 10.5. The Bertz CT molecular complexity index is 2020. The number of hydrogen-bond acceptors (Lipinski definition) is 2. The first kappa shape index (κ1) is 33.7. The molecule has 0 amide bonds. The zero-order valence-electron chi connectivity index (χ0n) is 29.6. The van der Waals surface area contributed by atoms with Gasteiger partial charge in [0, 0.05) is 0 Å². The maximum absolute atomic E-state index is 4.98. The molecule has 6 aromatic rings. The molecule has 2 aliphatic rings. The molecule has 8 rings (SSSR count). The first-order valence-corrected chi connectivity index (χ1v) is 21.1. The Balaban J connectivity index is 1.21. The maximum atomic E-state index is 4.98. The molecule has 51 heavy (non-hydrogen) atoms. The van der Waals surface area contributed by atoms with Gasteiger partial charge in [0.15, 0.2) is 0 Å². The molecule has 3 heteroatoms. The van der Waals surface area contributed by atoms with Crippen LogP contribution >= 0.6 is 0 Å². The number of aryl methyl sites for hydroxylation is 2. The first-order chi connectivity index (χ1) is 25.2. The average molecular weight is 740 g/mol. The van der Waals surface area contributed by atoms with Crippen molar-refractivity contribution < 1.29 is 23.2 Å². The van der Waals surface area contributed by atoms with E-state index in [0.29, 0.717) is 0 Å². The number of pyridine rings is 2. The summed E-state index contributed by atoms with van der Waals surface area (Å²) in [7, 11) is 0. The van der Waals surface area contributed by atoms with Crippen LogP contribution in [0, 0.1) is 0 Å². The van der Waals surface area contributed by atoms with E-state index in [1.807, 2.05) is 24.5 Å². The van der Waals surface area contributed by atoms with Crippen molar-refractivity contribution in [2.24, 2.45) is 0 Å². The number of nitrogens with zero attached hydrogens (tertiary/aromatic N) is 2. The van der Waals surface area contributed by atoms with E-state index >= 15 is 0 Å². The Morgan fingerprint density at radius 2 is 0.941 bits per heavy atom. The molecule has 2 aliphatic carbocycles. The van der Waals surface area contributed by atoms with E-state index < -0.39 is 23.2 Å². The van der Waals surface area contributed by atoms with Crippen LogP contribution in [0.4, 0.5) is 0 Å². The number of allylic oxidation sites excluding steroid dienone is 2. The van der Waals surface area contributed by atoms with Gasteiger partial charge < -0.3 is 0 Å². The Morgan fingerprint density at radius 3 is 1.33 bits per heavy atom. The second kappa shape index (κ2) is 15.4. The van der Waals surface area contributed by atoms with Crippen molar-refractivity contribution in [2.45, 2.75) is 64.2 Å². The average Bonchev–Trinajstić information content (AvgIpc) is 3.75. The van der Waals surface area contributed by atoms with Crippen molar-refractivity contribution in [1.29, 1.82) is 0 Å². The van der Waals surface area contributed by atoms with E-state index in [1.165, 1.54) is 81.3 Å². The van der Waals surface area contributed by atoms with E-state index in [2.05, 4.69) is 135 Å². The normalized spacial score (nSPS) is 16.0. The van der Waals surface area contributed by atoms with Gasteiger partial charge in [0.05, 0.1) is 0 Å². The minimum absolute atomic E-state index is 0.167. The van der Waals surface area contributed by atoms with Gasteiger partial charge in [-0.1, -0.05) is 0 Å². The third kappa shape index (κ3) is 6.94. The molecule has 0 N–H and O–H groups in total. The summed E-state index contributed by atoms with van der Waals surface area (Å²) in [6, 6.07) is 45.2. The number of fused-ring (bicyclic) bond motifs is 2. The molecule has 0 saturated carbocycles. The summed E-state index contributed by atoms with van der Waals surface area (Å²) in [5.41, 5.74) is 15.8. The van der Waals surface area contributed by atoms with Crippen molar-refractivity contribution in [3.63, 3.8) is 0 Å². The topological polar surface area (TPSA) is 25.8 Å². The van der Waals surface area contributed by atoms with Crippen LogP contribution in [0.3, 0.4) is 0 Å². The monoisotopic (exact) mass is 738 g/mol. The summed E-state index contributed by atoms with van der Waals surface area (Å²) >= 11 is -1.32. The minimum atomic E-state index is -1.32. The van der Waals surface area contributed by atoms with Gasteiger partial charge in [-0.25, -0.2) is 0 Å². The molecule has 0 bridgehead atoms. The summed E-state index contributed by atoms with van der Waals surface area (Å²) in [6.45, 7) is 4.52. The van der Waals surface area contributed by atoms with Crippen molar-refractivity contribution in [1.82, 2.24) is 9.97 Å². The van der Waals surface area contributed by atoms with Crippen LogP contribution in [0.5, 0.6) is 0 Å². The second-order valence-electron chi connectivity index (χ2n) is 13.9. The van der Waals surface area contributed by atoms with Crippen molar-refractivity contribution >= 4 is 12.2 Å². The Morgan fingerprint density at radius 1 is 0.490 bits per heavy atom. The number of hydrogen-bond donors (Lipinski definition) is 0.